The number of carboxylic acid groups (broad SMARTS) is 1. The van der Waals surface area contributed by atoms with E-state index >= 15 is 0 Å². The Balaban J connectivity index is 2.14. The fourth-order valence-electron chi connectivity index (χ4n) is 1.73. The quantitative estimate of drug-likeness (QED) is 0.797. The van der Waals surface area contributed by atoms with E-state index in [1.54, 1.807) is 12.1 Å². The number of nitrogens with one attached hydrogen (secondary N) is 1. The van der Waals surface area contributed by atoms with E-state index in [1.165, 1.54) is 19.3 Å². The first kappa shape index (κ1) is 10.0. The maximum absolute atomic E-state index is 10.7. The van der Waals surface area contributed by atoms with Gasteiger partial charge in [-0.1, -0.05) is 0 Å². The minimum Gasteiger partial charge on any atom is -0.478 e. The Bertz CT molecular complexity index is 383. The molecular weight excluding hydrogens is 190 g/mol. The van der Waals surface area contributed by atoms with Crippen LogP contribution in [0.15, 0.2) is 18.2 Å². The van der Waals surface area contributed by atoms with Crippen molar-refractivity contribution in [1.29, 1.82) is 0 Å². The summed E-state index contributed by atoms with van der Waals surface area (Å²) >= 11 is 0. The van der Waals surface area contributed by atoms with Crippen molar-refractivity contribution in [1.82, 2.24) is 0 Å². The second-order valence-electron chi connectivity index (χ2n) is 4.11. The van der Waals surface area contributed by atoms with Gasteiger partial charge in [-0.05, 0) is 49.9 Å². The molecule has 1 aliphatic rings. The second kappa shape index (κ2) is 3.93. The Morgan fingerprint density at radius 3 is 2.67 bits per heavy atom. The van der Waals surface area contributed by atoms with Gasteiger partial charge in [-0.3, -0.25) is 0 Å². The van der Waals surface area contributed by atoms with Gasteiger partial charge in [0, 0.05) is 11.7 Å². The standard InChI is InChI=1S/C12H15NO2/c1-8-7-9(12(14)15)5-6-11(8)13-10-3-2-4-10/h5-7,10,13H,2-4H2,1H3,(H,14,15). The topological polar surface area (TPSA) is 49.3 Å². The van der Waals surface area contributed by atoms with E-state index in [4.69, 9.17) is 5.11 Å². The highest BCUT2D eigenvalue weighted by atomic mass is 16.4. The van der Waals surface area contributed by atoms with Crippen LogP contribution in [0.25, 0.3) is 0 Å². The van der Waals surface area contributed by atoms with E-state index in [-0.39, 0.29) is 0 Å². The first-order valence-corrected chi connectivity index (χ1v) is 5.27. The Kier molecular flexibility index (Phi) is 2.62. The van der Waals surface area contributed by atoms with Crippen molar-refractivity contribution in [3.05, 3.63) is 29.3 Å². The molecule has 0 amide bonds. The molecule has 2 N–H and O–H groups in total. The summed E-state index contributed by atoms with van der Waals surface area (Å²) < 4.78 is 0. The number of rotatable bonds is 3. The molecule has 3 nitrogen and oxygen atoms in total. The molecule has 0 radical (unpaired) electrons. The molecule has 0 aromatic heterocycles. The zero-order valence-corrected chi connectivity index (χ0v) is 8.79. The molecule has 0 heterocycles. The number of carbonyl (C=O) groups is 1. The van der Waals surface area contributed by atoms with Crippen LogP contribution < -0.4 is 5.32 Å². The predicted octanol–water partition coefficient (Wildman–Crippen LogP) is 2.66. The van der Waals surface area contributed by atoms with Gasteiger partial charge in [0.05, 0.1) is 5.56 Å². The second-order valence-corrected chi connectivity index (χ2v) is 4.11. The minimum absolute atomic E-state index is 0.353. The van der Waals surface area contributed by atoms with Gasteiger partial charge in [-0.15, -0.1) is 0 Å². The Hall–Kier alpha value is -1.51. The third-order valence-electron chi connectivity index (χ3n) is 2.94. The lowest BCUT2D eigenvalue weighted by Gasteiger charge is -2.28. The molecule has 0 bridgehead atoms. The summed E-state index contributed by atoms with van der Waals surface area (Å²) in [5, 5.41) is 12.2. The molecule has 0 atom stereocenters. The monoisotopic (exact) mass is 205 g/mol. The van der Waals surface area contributed by atoms with Crippen LogP contribution in [0, 0.1) is 6.92 Å². The van der Waals surface area contributed by atoms with Gasteiger partial charge in [-0.25, -0.2) is 4.79 Å². The zero-order valence-electron chi connectivity index (χ0n) is 8.79. The largest absolute Gasteiger partial charge is 0.478 e. The Labute approximate surface area is 89.1 Å². The molecule has 1 fully saturated rings. The lowest BCUT2D eigenvalue weighted by Crippen LogP contribution is -2.27. The van der Waals surface area contributed by atoms with Crippen molar-refractivity contribution < 1.29 is 9.90 Å². The number of hydrogen-bond acceptors (Lipinski definition) is 2. The van der Waals surface area contributed by atoms with Crippen LogP contribution in [-0.2, 0) is 0 Å². The first-order chi connectivity index (χ1) is 7.16. The normalized spacial score (nSPS) is 15.8. The lowest BCUT2D eigenvalue weighted by molar-refractivity contribution is 0.0697. The number of anilines is 1. The first-order valence-electron chi connectivity index (χ1n) is 5.27. The summed E-state index contributed by atoms with van der Waals surface area (Å²) in [7, 11) is 0. The van der Waals surface area contributed by atoms with Gasteiger partial charge >= 0.3 is 5.97 Å². The minimum atomic E-state index is -0.867. The van der Waals surface area contributed by atoms with Crippen LogP contribution in [0.1, 0.15) is 35.2 Å². The Morgan fingerprint density at radius 2 is 2.20 bits per heavy atom. The number of aryl methyl sites for hydroxylation is 1. The van der Waals surface area contributed by atoms with Crippen molar-refractivity contribution in [2.45, 2.75) is 32.2 Å². The van der Waals surface area contributed by atoms with Crippen LogP contribution in [0.4, 0.5) is 5.69 Å². The molecule has 0 spiro atoms. The van der Waals surface area contributed by atoms with Crippen molar-refractivity contribution >= 4 is 11.7 Å². The van der Waals surface area contributed by atoms with E-state index in [1.807, 2.05) is 13.0 Å². The molecule has 0 unspecified atom stereocenters. The van der Waals surface area contributed by atoms with E-state index in [9.17, 15) is 4.79 Å². The van der Waals surface area contributed by atoms with Crippen molar-refractivity contribution in [2.24, 2.45) is 0 Å². The van der Waals surface area contributed by atoms with E-state index < -0.39 is 5.97 Å². The van der Waals surface area contributed by atoms with Gasteiger partial charge in [-0.2, -0.15) is 0 Å². The molecule has 2 rings (SSSR count). The number of carboxylic acids is 1. The van der Waals surface area contributed by atoms with E-state index in [0.717, 1.165) is 11.3 Å². The van der Waals surface area contributed by atoms with Crippen molar-refractivity contribution in [3.63, 3.8) is 0 Å². The summed E-state index contributed by atoms with van der Waals surface area (Å²) in [6.07, 6.45) is 3.74. The highest BCUT2D eigenvalue weighted by molar-refractivity contribution is 5.88. The molecule has 1 aromatic rings. The summed E-state index contributed by atoms with van der Waals surface area (Å²) in [6.45, 7) is 1.94. The van der Waals surface area contributed by atoms with Crippen LogP contribution in [0.3, 0.4) is 0 Å². The lowest BCUT2D eigenvalue weighted by atomic mass is 9.92. The molecule has 1 aliphatic carbocycles. The van der Waals surface area contributed by atoms with E-state index in [2.05, 4.69) is 5.32 Å². The highest BCUT2D eigenvalue weighted by Gasteiger charge is 2.17. The molecule has 1 saturated carbocycles. The van der Waals surface area contributed by atoms with Gasteiger partial charge < -0.3 is 10.4 Å². The third-order valence-corrected chi connectivity index (χ3v) is 2.94. The van der Waals surface area contributed by atoms with E-state index in [0.29, 0.717) is 11.6 Å². The molecule has 0 aliphatic heterocycles. The number of aromatic carboxylic acids is 1. The van der Waals surface area contributed by atoms with Crippen LogP contribution in [-0.4, -0.2) is 17.1 Å². The van der Waals surface area contributed by atoms with Gasteiger partial charge in [0.25, 0.3) is 0 Å². The summed E-state index contributed by atoms with van der Waals surface area (Å²) in [5.74, 6) is -0.867. The average molecular weight is 205 g/mol. The van der Waals surface area contributed by atoms with Crippen molar-refractivity contribution in [2.75, 3.05) is 5.32 Å². The van der Waals surface area contributed by atoms with Gasteiger partial charge in [0.2, 0.25) is 0 Å². The molecule has 3 heteroatoms. The fourth-order valence-corrected chi connectivity index (χ4v) is 1.73. The number of hydrogen-bond donors (Lipinski definition) is 2. The molecule has 15 heavy (non-hydrogen) atoms. The zero-order chi connectivity index (χ0) is 10.8. The third kappa shape index (κ3) is 2.12. The molecule has 1 aromatic carbocycles. The summed E-state index contributed by atoms with van der Waals surface area (Å²) in [5.41, 5.74) is 2.41. The maximum Gasteiger partial charge on any atom is 0.335 e. The smallest absolute Gasteiger partial charge is 0.335 e. The molecule has 80 valence electrons. The van der Waals surface area contributed by atoms with Crippen LogP contribution in [0.2, 0.25) is 0 Å². The highest BCUT2D eigenvalue weighted by Crippen LogP contribution is 2.25. The fraction of sp³-hybridized carbons (Fsp3) is 0.417. The predicted molar refractivity (Wildman–Crippen MR) is 59.4 cm³/mol. The van der Waals surface area contributed by atoms with Crippen LogP contribution in [0.5, 0.6) is 0 Å². The summed E-state index contributed by atoms with van der Waals surface area (Å²) in [6, 6.07) is 5.80. The SMILES string of the molecule is Cc1cc(C(=O)O)ccc1NC1CCC1. The van der Waals surface area contributed by atoms with Gasteiger partial charge in [0.1, 0.15) is 0 Å². The number of benzene rings is 1. The summed E-state index contributed by atoms with van der Waals surface area (Å²) in [4.78, 5) is 10.7. The van der Waals surface area contributed by atoms with Crippen molar-refractivity contribution in [3.8, 4) is 0 Å². The molecular formula is C12H15NO2. The maximum atomic E-state index is 10.7. The average Bonchev–Trinajstić information content (AvgIpc) is 2.12. The molecule has 0 saturated heterocycles. The van der Waals surface area contributed by atoms with Gasteiger partial charge in [0.15, 0.2) is 0 Å². The van der Waals surface area contributed by atoms with Crippen LogP contribution >= 0.6 is 0 Å². The Morgan fingerprint density at radius 1 is 1.47 bits per heavy atom.